The molecule has 0 saturated carbocycles. The molecule has 0 aliphatic heterocycles. The minimum absolute atomic E-state index is 0.374. The van der Waals surface area contributed by atoms with E-state index in [1.165, 1.54) is 11.1 Å². The summed E-state index contributed by atoms with van der Waals surface area (Å²) in [6.07, 6.45) is 1.94. The Balaban J connectivity index is 2.12. The Bertz CT molecular complexity index is 581. The van der Waals surface area contributed by atoms with Gasteiger partial charge in [-0.3, -0.25) is 0 Å². The molecule has 0 radical (unpaired) electrons. The Morgan fingerprint density at radius 2 is 1.75 bits per heavy atom. The molecule has 0 spiro atoms. The fourth-order valence-corrected chi connectivity index (χ4v) is 2.41. The Kier molecular flexibility index (Phi) is 5.13. The third-order valence-electron chi connectivity index (χ3n) is 3.19. The molecule has 0 aromatic heterocycles. The second kappa shape index (κ2) is 7.06. The van der Waals surface area contributed by atoms with Crippen molar-refractivity contribution in [3.05, 3.63) is 59.7 Å². The fourth-order valence-electron chi connectivity index (χ4n) is 2.20. The highest BCUT2D eigenvalue weighted by molar-refractivity contribution is 7.80. The molecule has 1 N–H and O–H groups in total. The van der Waals surface area contributed by atoms with Gasteiger partial charge in [-0.2, -0.15) is 0 Å². The van der Waals surface area contributed by atoms with E-state index in [4.69, 9.17) is 17.0 Å². The molecule has 20 heavy (non-hydrogen) atoms. The van der Waals surface area contributed by atoms with E-state index in [-0.39, 0.29) is 0 Å². The van der Waals surface area contributed by atoms with Crippen molar-refractivity contribution in [3.63, 3.8) is 0 Å². The van der Waals surface area contributed by atoms with Crippen molar-refractivity contribution in [2.45, 2.75) is 26.7 Å². The van der Waals surface area contributed by atoms with E-state index in [1.807, 2.05) is 42.5 Å². The second-order valence-electron chi connectivity index (χ2n) is 4.48. The first-order valence-corrected chi connectivity index (χ1v) is 7.30. The van der Waals surface area contributed by atoms with Crippen LogP contribution in [0.1, 0.15) is 25.0 Å². The predicted molar refractivity (Wildman–Crippen MR) is 88.5 cm³/mol. The highest BCUT2D eigenvalue weighted by atomic mass is 32.1. The number of anilines is 1. The standard InChI is InChI=1S/C17H19NOS/c1-3-13-9-8-12-16(15(13)4-2)19-17(20)18-14-10-6-5-7-11-14/h5-12H,3-4H2,1-2H3,(H,18,20). The number of ether oxygens (including phenoxy) is 1. The van der Waals surface area contributed by atoms with E-state index in [0.717, 1.165) is 24.3 Å². The Labute approximate surface area is 125 Å². The third kappa shape index (κ3) is 3.58. The summed E-state index contributed by atoms with van der Waals surface area (Å²) in [5.74, 6) is 0.847. The molecule has 0 aliphatic rings. The van der Waals surface area contributed by atoms with Crippen LogP contribution in [-0.2, 0) is 12.8 Å². The van der Waals surface area contributed by atoms with Crippen LogP contribution in [0.15, 0.2) is 48.5 Å². The van der Waals surface area contributed by atoms with Gasteiger partial charge in [0, 0.05) is 5.69 Å². The second-order valence-corrected chi connectivity index (χ2v) is 4.85. The van der Waals surface area contributed by atoms with Crippen LogP contribution >= 0.6 is 12.2 Å². The minimum atomic E-state index is 0.374. The summed E-state index contributed by atoms with van der Waals surface area (Å²) in [5, 5.41) is 3.46. The number of hydrogen-bond donors (Lipinski definition) is 1. The van der Waals surface area contributed by atoms with E-state index < -0.39 is 0 Å². The summed E-state index contributed by atoms with van der Waals surface area (Å²) < 4.78 is 5.80. The quantitative estimate of drug-likeness (QED) is 0.830. The number of aryl methyl sites for hydroxylation is 1. The molecular formula is C17H19NOS. The summed E-state index contributed by atoms with van der Waals surface area (Å²) in [5.41, 5.74) is 3.47. The van der Waals surface area contributed by atoms with E-state index in [1.54, 1.807) is 0 Å². The van der Waals surface area contributed by atoms with Crippen LogP contribution in [0.2, 0.25) is 0 Å². The van der Waals surface area contributed by atoms with Crippen LogP contribution in [-0.4, -0.2) is 5.17 Å². The number of hydrogen-bond acceptors (Lipinski definition) is 2. The summed E-state index contributed by atoms with van der Waals surface area (Å²) in [6.45, 7) is 4.29. The number of rotatable bonds is 4. The first kappa shape index (κ1) is 14.5. The zero-order valence-electron chi connectivity index (χ0n) is 11.8. The molecular weight excluding hydrogens is 266 g/mol. The summed E-state index contributed by atoms with van der Waals surface area (Å²) in [7, 11) is 0. The lowest BCUT2D eigenvalue weighted by Gasteiger charge is -2.14. The van der Waals surface area contributed by atoms with E-state index in [9.17, 15) is 0 Å². The van der Waals surface area contributed by atoms with Crippen molar-refractivity contribution in [3.8, 4) is 5.75 Å². The van der Waals surface area contributed by atoms with Crippen LogP contribution in [0.4, 0.5) is 5.69 Å². The van der Waals surface area contributed by atoms with Gasteiger partial charge < -0.3 is 10.1 Å². The molecule has 2 aromatic rings. The molecule has 2 aromatic carbocycles. The molecule has 0 saturated heterocycles. The number of para-hydroxylation sites is 1. The van der Waals surface area contributed by atoms with Crippen LogP contribution in [0.3, 0.4) is 0 Å². The van der Waals surface area contributed by atoms with Gasteiger partial charge in [0.1, 0.15) is 5.75 Å². The first-order valence-electron chi connectivity index (χ1n) is 6.89. The lowest BCUT2D eigenvalue weighted by Crippen LogP contribution is -2.17. The van der Waals surface area contributed by atoms with Gasteiger partial charge in [-0.15, -0.1) is 0 Å². The molecule has 0 bridgehead atoms. The molecule has 0 fully saturated rings. The number of nitrogens with one attached hydrogen (secondary N) is 1. The van der Waals surface area contributed by atoms with Crippen molar-refractivity contribution in [2.24, 2.45) is 0 Å². The molecule has 2 nitrogen and oxygen atoms in total. The van der Waals surface area contributed by atoms with Crippen LogP contribution in [0.5, 0.6) is 5.75 Å². The van der Waals surface area contributed by atoms with Gasteiger partial charge in [0.05, 0.1) is 0 Å². The summed E-state index contributed by atoms with van der Waals surface area (Å²) >= 11 is 5.27. The van der Waals surface area contributed by atoms with E-state index in [0.29, 0.717) is 5.17 Å². The van der Waals surface area contributed by atoms with Gasteiger partial charge in [0.2, 0.25) is 0 Å². The molecule has 0 unspecified atom stereocenters. The number of benzene rings is 2. The lowest BCUT2D eigenvalue weighted by atomic mass is 10.0. The third-order valence-corrected chi connectivity index (χ3v) is 3.37. The highest BCUT2D eigenvalue weighted by Crippen LogP contribution is 2.24. The predicted octanol–water partition coefficient (Wildman–Crippen LogP) is 4.59. The molecule has 104 valence electrons. The molecule has 3 heteroatoms. The zero-order valence-corrected chi connectivity index (χ0v) is 12.7. The van der Waals surface area contributed by atoms with Gasteiger partial charge in [-0.1, -0.05) is 44.2 Å². The smallest absolute Gasteiger partial charge is 0.266 e. The molecule has 0 amide bonds. The van der Waals surface area contributed by atoms with E-state index in [2.05, 4.69) is 25.2 Å². The van der Waals surface area contributed by atoms with Gasteiger partial charge >= 0.3 is 0 Å². The van der Waals surface area contributed by atoms with Crippen molar-refractivity contribution in [1.82, 2.24) is 0 Å². The van der Waals surface area contributed by atoms with Crippen LogP contribution < -0.4 is 10.1 Å². The van der Waals surface area contributed by atoms with Crippen molar-refractivity contribution < 1.29 is 4.74 Å². The minimum Gasteiger partial charge on any atom is -0.431 e. The summed E-state index contributed by atoms with van der Waals surface area (Å²) in [6, 6.07) is 15.9. The van der Waals surface area contributed by atoms with Crippen molar-refractivity contribution in [2.75, 3.05) is 5.32 Å². The Morgan fingerprint density at radius 1 is 1.00 bits per heavy atom. The topological polar surface area (TPSA) is 21.3 Å². The Morgan fingerprint density at radius 3 is 2.40 bits per heavy atom. The first-order chi connectivity index (χ1) is 9.74. The summed E-state index contributed by atoms with van der Waals surface area (Å²) in [4.78, 5) is 0. The largest absolute Gasteiger partial charge is 0.431 e. The molecule has 0 aliphatic carbocycles. The van der Waals surface area contributed by atoms with Crippen molar-refractivity contribution >= 4 is 23.1 Å². The van der Waals surface area contributed by atoms with Gasteiger partial charge in [-0.05, 0) is 54.4 Å². The molecule has 0 heterocycles. The SMILES string of the molecule is CCc1cccc(OC(=S)Nc2ccccc2)c1CC. The fraction of sp³-hybridized carbons (Fsp3) is 0.235. The highest BCUT2D eigenvalue weighted by Gasteiger charge is 2.09. The van der Waals surface area contributed by atoms with E-state index >= 15 is 0 Å². The van der Waals surface area contributed by atoms with Gasteiger partial charge in [-0.25, -0.2) is 0 Å². The van der Waals surface area contributed by atoms with Crippen LogP contribution in [0, 0.1) is 0 Å². The molecule has 2 rings (SSSR count). The monoisotopic (exact) mass is 285 g/mol. The zero-order chi connectivity index (χ0) is 14.4. The maximum atomic E-state index is 5.80. The maximum Gasteiger partial charge on any atom is 0.266 e. The molecule has 0 atom stereocenters. The van der Waals surface area contributed by atoms with Crippen LogP contribution in [0.25, 0.3) is 0 Å². The number of thiocarbonyl (C=S) groups is 1. The Hall–Kier alpha value is -1.87. The van der Waals surface area contributed by atoms with Gasteiger partial charge in [0.25, 0.3) is 5.17 Å². The average molecular weight is 285 g/mol. The van der Waals surface area contributed by atoms with Crippen molar-refractivity contribution in [1.29, 1.82) is 0 Å². The normalized spacial score (nSPS) is 10.1. The maximum absolute atomic E-state index is 5.80. The van der Waals surface area contributed by atoms with Gasteiger partial charge in [0.15, 0.2) is 0 Å². The average Bonchev–Trinajstić information content (AvgIpc) is 2.47. The lowest BCUT2D eigenvalue weighted by molar-refractivity contribution is 0.554.